The molecule has 3 aliphatic rings. The average Bonchev–Trinajstić information content (AvgIpc) is 3.03. The molecule has 2 aromatic carbocycles. The molecule has 5 N–H and O–H groups in total. The fraction of sp³-hybridized carbons (Fsp3) is 0.515. The van der Waals surface area contributed by atoms with Crippen LogP contribution in [-0.4, -0.2) is 108 Å². The molecule has 3 heterocycles. The zero-order chi connectivity index (χ0) is 31.6. The number of hydrogen-bond acceptors (Lipinski definition) is 7. The number of nitrogens with zero attached hydrogens (tertiary/aromatic N) is 3. The van der Waals surface area contributed by atoms with Gasteiger partial charge in [0, 0.05) is 68.6 Å². The summed E-state index contributed by atoms with van der Waals surface area (Å²) in [4.78, 5) is 42.8. The van der Waals surface area contributed by atoms with E-state index in [1.165, 1.54) is 48.9 Å². The van der Waals surface area contributed by atoms with Crippen molar-refractivity contribution in [1.29, 1.82) is 5.41 Å². The first-order valence-electron chi connectivity index (χ1n) is 15.6. The highest BCUT2D eigenvalue weighted by Crippen LogP contribution is 2.19. The number of halogens is 1. The molecule has 0 saturated carbocycles. The molecule has 1 atom stereocenters. The molecule has 2 aromatic rings. The smallest absolute Gasteiger partial charge is 0.256 e. The standard InChI is InChI=1S/C27H32FN5O4.C6H13N/c28-23-6-5-18(16-24(29)20-3-1-2-4-21(20)26(30)36)15-22(23)27(37)33-13-11-32(12-14-33)25(35)17-31-9-7-19(34)8-10-31;1-6-4-2-3-5-7-6/h1-6,15,19,29,34H,7-14,16-17H2,(H2,30,36);6-7H,2-5H2,1H3. The molecule has 44 heavy (non-hydrogen) atoms. The minimum atomic E-state index is -0.649. The van der Waals surface area contributed by atoms with Crippen molar-refractivity contribution < 1.29 is 23.9 Å². The van der Waals surface area contributed by atoms with Gasteiger partial charge >= 0.3 is 0 Å². The van der Waals surface area contributed by atoms with Gasteiger partial charge in [0.1, 0.15) is 5.82 Å². The fourth-order valence-corrected chi connectivity index (χ4v) is 5.83. The first-order chi connectivity index (χ1) is 21.1. The van der Waals surface area contributed by atoms with Gasteiger partial charge in [-0.25, -0.2) is 4.39 Å². The Morgan fingerprint density at radius 1 is 0.932 bits per heavy atom. The number of carbonyl (C=O) groups excluding carboxylic acids is 3. The summed E-state index contributed by atoms with van der Waals surface area (Å²) < 4.78 is 14.6. The first kappa shape index (κ1) is 33.2. The molecule has 1 unspecified atom stereocenters. The normalized spacial score (nSPS) is 19.6. The molecule has 3 aliphatic heterocycles. The molecular formula is C33H45FN6O4. The van der Waals surface area contributed by atoms with E-state index in [0.717, 1.165) is 6.04 Å². The number of amides is 3. The summed E-state index contributed by atoms with van der Waals surface area (Å²) in [5.74, 6) is -1.75. The van der Waals surface area contributed by atoms with Crippen molar-refractivity contribution in [3.8, 4) is 0 Å². The highest BCUT2D eigenvalue weighted by atomic mass is 19.1. The Bertz CT molecular complexity index is 1320. The lowest BCUT2D eigenvalue weighted by Gasteiger charge is -2.36. The van der Waals surface area contributed by atoms with Gasteiger partial charge in [-0.3, -0.25) is 19.3 Å². The Kier molecular flexibility index (Phi) is 12.0. The molecule has 0 aromatic heterocycles. The Hall–Kier alpha value is -3.67. The second kappa shape index (κ2) is 15.9. The third-order valence-corrected chi connectivity index (χ3v) is 8.55. The molecule has 0 bridgehead atoms. The number of carbonyl (C=O) groups is 3. The molecular weight excluding hydrogens is 563 g/mol. The number of likely N-dealkylation sites (tertiary alicyclic amines) is 1. The van der Waals surface area contributed by atoms with Crippen LogP contribution in [0.4, 0.5) is 4.39 Å². The molecule has 3 amide bonds. The van der Waals surface area contributed by atoms with Gasteiger partial charge in [-0.15, -0.1) is 0 Å². The van der Waals surface area contributed by atoms with Gasteiger partial charge in [0.25, 0.3) is 5.91 Å². The summed E-state index contributed by atoms with van der Waals surface area (Å²) >= 11 is 0. The molecule has 11 heteroatoms. The second-order valence-corrected chi connectivity index (χ2v) is 11.9. The number of aliphatic hydroxyl groups excluding tert-OH is 1. The maximum atomic E-state index is 14.6. The van der Waals surface area contributed by atoms with E-state index in [1.807, 2.05) is 4.90 Å². The molecule has 0 radical (unpaired) electrons. The summed E-state index contributed by atoms with van der Waals surface area (Å²) in [5, 5.41) is 21.5. The van der Waals surface area contributed by atoms with Gasteiger partial charge in [-0.1, -0.05) is 30.7 Å². The summed E-state index contributed by atoms with van der Waals surface area (Å²) in [5.41, 5.74) is 6.67. The number of piperidine rings is 2. The maximum absolute atomic E-state index is 14.6. The molecule has 5 rings (SSSR count). The van der Waals surface area contributed by atoms with Crippen molar-refractivity contribution >= 4 is 23.4 Å². The summed E-state index contributed by atoms with van der Waals surface area (Å²) in [6.07, 6.45) is 5.31. The van der Waals surface area contributed by atoms with E-state index in [9.17, 15) is 23.9 Å². The number of aliphatic hydroxyl groups is 1. The van der Waals surface area contributed by atoms with Crippen LogP contribution < -0.4 is 11.1 Å². The molecule has 238 valence electrons. The summed E-state index contributed by atoms with van der Waals surface area (Å²) in [7, 11) is 0. The van der Waals surface area contributed by atoms with Crippen LogP contribution in [0.3, 0.4) is 0 Å². The van der Waals surface area contributed by atoms with Crippen LogP contribution in [0, 0.1) is 11.2 Å². The second-order valence-electron chi connectivity index (χ2n) is 11.9. The van der Waals surface area contributed by atoms with Gasteiger partial charge in [0.05, 0.1) is 18.2 Å². The van der Waals surface area contributed by atoms with E-state index >= 15 is 0 Å². The topological polar surface area (TPSA) is 143 Å². The SMILES string of the molecule is CC1CCCCN1.N=C(Cc1ccc(F)c(C(=O)N2CCN(C(=O)CN3CCC(O)CC3)CC2)c1)c1ccccc1C(N)=O. The summed E-state index contributed by atoms with van der Waals surface area (Å²) in [6, 6.07) is 11.5. The van der Waals surface area contributed by atoms with Crippen molar-refractivity contribution in [2.45, 2.75) is 57.6 Å². The number of nitrogens with one attached hydrogen (secondary N) is 2. The molecule has 3 fully saturated rings. The van der Waals surface area contributed by atoms with Crippen LogP contribution in [0.5, 0.6) is 0 Å². The van der Waals surface area contributed by atoms with Gasteiger partial charge in [-0.2, -0.15) is 0 Å². The van der Waals surface area contributed by atoms with Crippen molar-refractivity contribution in [2.75, 3.05) is 52.4 Å². The molecule has 10 nitrogen and oxygen atoms in total. The van der Waals surface area contributed by atoms with Crippen LogP contribution in [0.15, 0.2) is 42.5 Å². The molecule has 3 saturated heterocycles. The van der Waals surface area contributed by atoms with Gasteiger partial charge in [0.15, 0.2) is 0 Å². The highest BCUT2D eigenvalue weighted by molar-refractivity contribution is 6.09. The lowest BCUT2D eigenvalue weighted by molar-refractivity contribution is -0.134. The van der Waals surface area contributed by atoms with Crippen molar-refractivity contribution in [1.82, 2.24) is 20.0 Å². The minimum absolute atomic E-state index is 0.00794. The van der Waals surface area contributed by atoms with Crippen LogP contribution in [-0.2, 0) is 11.2 Å². The van der Waals surface area contributed by atoms with Gasteiger partial charge in [0.2, 0.25) is 11.8 Å². The van der Waals surface area contributed by atoms with Gasteiger partial charge < -0.3 is 31.4 Å². The van der Waals surface area contributed by atoms with Gasteiger partial charge in [-0.05, 0) is 62.9 Å². The van der Waals surface area contributed by atoms with E-state index in [2.05, 4.69) is 12.2 Å². The monoisotopic (exact) mass is 608 g/mol. The highest BCUT2D eigenvalue weighted by Gasteiger charge is 2.28. The Morgan fingerprint density at radius 2 is 1.59 bits per heavy atom. The minimum Gasteiger partial charge on any atom is -0.393 e. The largest absolute Gasteiger partial charge is 0.393 e. The quantitative estimate of drug-likeness (QED) is 0.356. The van der Waals surface area contributed by atoms with Crippen LogP contribution >= 0.6 is 0 Å². The van der Waals surface area contributed by atoms with Crippen LogP contribution in [0.1, 0.15) is 70.9 Å². The third-order valence-electron chi connectivity index (χ3n) is 8.55. The van der Waals surface area contributed by atoms with E-state index in [1.54, 1.807) is 29.2 Å². The van der Waals surface area contributed by atoms with Crippen LogP contribution in [0.2, 0.25) is 0 Å². The number of nitrogens with two attached hydrogens (primary N) is 1. The van der Waals surface area contributed by atoms with E-state index in [0.29, 0.717) is 69.8 Å². The maximum Gasteiger partial charge on any atom is 0.256 e. The predicted molar refractivity (Wildman–Crippen MR) is 167 cm³/mol. The first-order valence-corrected chi connectivity index (χ1v) is 15.6. The molecule has 0 spiro atoms. The van der Waals surface area contributed by atoms with E-state index < -0.39 is 17.6 Å². The summed E-state index contributed by atoms with van der Waals surface area (Å²) in [6.45, 7) is 6.50. The Labute approximate surface area is 258 Å². The Balaban J connectivity index is 0.000000555. The predicted octanol–water partition coefficient (Wildman–Crippen LogP) is 2.42. The van der Waals surface area contributed by atoms with Crippen molar-refractivity contribution in [3.05, 3.63) is 70.5 Å². The number of rotatable bonds is 7. The third kappa shape index (κ3) is 9.17. The van der Waals surface area contributed by atoms with Crippen LogP contribution in [0.25, 0.3) is 0 Å². The zero-order valence-corrected chi connectivity index (χ0v) is 25.6. The number of piperazine rings is 1. The lowest BCUT2D eigenvalue weighted by Crippen LogP contribution is -2.53. The van der Waals surface area contributed by atoms with Crippen molar-refractivity contribution in [2.24, 2.45) is 5.73 Å². The van der Waals surface area contributed by atoms with E-state index in [4.69, 9.17) is 11.1 Å². The number of benzene rings is 2. The zero-order valence-electron chi connectivity index (χ0n) is 25.6. The number of primary amides is 1. The lowest BCUT2D eigenvalue weighted by atomic mass is 9.96. The van der Waals surface area contributed by atoms with E-state index in [-0.39, 0.29) is 35.3 Å². The fourth-order valence-electron chi connectivity index (χ4n) is 5.83. The Morgan fingerprint density at radius 3 is 2.18 bits per heavy atom. The molecule has 0 aliphatic carbocycles. The number of hydrogen-bond donors (Lipinski definition) is 4. The average molecular weight is 609 g/mol. The van der Waals surface area contributed by atoms with Crippen molar-refractivity contribution in [3.63, 3.8) is 0 Å².